The molecule has 1 amide bonds. The molecule has 0 N–H and O–H groups in total. The van der Waals surface area contributed by atoms with E-state index in [1.165, 1.54) is 0 Å². The molecular formula is C15H21NO2. The van der Waals surface area contributed by atoms with Crippen LogP contribution in [0.3, 0.4) is 0 Å². The van der Waals surface area contributed by atoms with Gasteiger partial charge in [0, 0.05) is 5.70 Å². The van der Waals surface area contributed by atoms with Gasteiger partial charge in [-0.15, -0.1) is 0 Å². The van der Waals surface area contributed by atoms with Crippen LogP contribution in [0.4, 0.5) is 4.79 Å². The number of rotatable bonds is 4. The maximum absolute atomic E-state index is 12.0. The molecule has 3 nitrogen and oxygen atoms in total. The SMILES string of the molecule is CCOC(=O)N(Cc1ccccc1)C(C)=C(C)C. The smallest absolute Gasteiger partial charge is 0.414 e. The van der Waals surface area contributed by atoms with Crippen molar-refractivity contribution in [1.82, 2.24) is 4.90 Å². The van der Waals surface area contributed by atoms with E-state index >= 15 is 0 Å². The Bertz CT molecular complexity index is 419. The molecule has 0 saturated heterocycles. The van der Waals surface area contributed by atoms with Crippen molar-refractivity contribution in [3.05, 3.63) is 47.2 Å². The number of allylic oxidation sites excluding steroid dienone is 2. The van der Waals surface area contributed by atoms with Crippen molar-refractivity contribution in [1.29, 1.82) is 0 Å². The molecule has 1 rings (SSSR count). The summed E-state index contributed by atoms with van der Waals surface area (Å²) in [5.41, 5.74) is 3.14. The summed E-state index contributed by atoms with van der Waals surface area (Å²) >= 11 is 0. The Morgan fingerprint density at radius 1 is 1.17 bits per heavy atom. The van der Waals surface area contributed by atoms with Crippen LogP contribution < -0.4 is 0 Å². The third kappa shape index (κ3) is 3.91. The summed E-state index contributed by atoms with van der Waals surface area (Å²) < 4.78 is 5.10. The van der Waals surface area contributed by atoms with Gasteiger partial charge >= 0.3 is 6.09 Å². The lowest BCUT2D eigenvalue weighted by molar-refractivity contribution is 0.116. The third-order valence-electron chi connectivity index (χ3n) is 2.80. The van der Waals surface area contributed by atoms with Gasteiger partial charge in [-0.2, -0.15) is 0 Å². The maximum atomic E-state index is 12.0. The molecule has 0 aliphatic heterocycles. The van der Waals surface area contributed by atoms with Gasteiger partial charge in [-0.05, 0) is 33.3 Å². The van der Waals surface area contributed by atoms with E-state index in [0.29, 0.717) is 13.2 Å². The number of amides is 1. The average Bonchev–Trinajstić information content (AvgIpc) is 2.36. The molecule has 0 saturated carbocycles. The van der Waals surface area contributed by atoms with Crippen molar-refractivity contribution < 1.29 is 9.53 Å². The van der Waals surface area contributed by atoms with Gasteiger partial charge in [0.1, 0.15) is 0 Å². The minimum Gasteiger partial charge on any atom is -0.449 e. The molecule has 0 unspecified atom stereocenters. The summed E-state index contributed by atoms with van der Waals surface area (Å²) in [5.74, 6) is 0. The second-order valence-corrected chi connectivity index (χ2v) is 4.36. The van der Waals surface area contributed by atoms with Crippen LogP contribution in [0, 0.1) is 0 Å². The normalized spacial score (nSPS) is 9.78. The minimum atomic E-state index is -0.292. The average molecular weight is 247 g/mol. The van der Waals surface area contributed by atoms with Gasteiger partial charge in [-0.3, -0.25) is 4.90 Å². The Morgan fingerprint density at radius 3 is 2.28 bits per heavy atom. The fraction of sp³-hybridized carbons (Fsp3) is 0.400. The van der Waals surface area contributed by atoms with Crippen molar-refractivity contribution in [3.8, 4) is 0 Å². The largest absolute Gasteiger partial charge is 0.449 e. The Kier molecular flexibility index (Phi) is 5.43. The molecule has 98 valence electrons. The lowest BCUT2D eigenvalue weighted by Gasteiger charge is -2.23. The van der Waals surface area contributed by atoms with E-state index < -0.39 is 0 Å². The molecule has 0 fully saturated rings. The van der Waals surface area contributed by atoms with Crippen molar-refractivity contribution >= 4 is 6.09 Å². The molecule has 0 aliphatic carbocycles. The first kappa shape index (κ1) is 14.3. The molecule has 1 aromatic carbocycles. The predicted octanol–water partition coefficient (Wildman–Crippen LogP) is 3.96. The first-order valence-corrected chi connectivity index (χ1v) is 6.18. The van der Waals surface area contributed by atoms with Gasteiger partial charge in [0.2, 0.25) is 0 Å². The lowest BCUT2D eigenvalue weighted by atomic mass is 10.2. The van der Waals surface area contributed by atoms with Crippen LogP contribution in [-0.4, -0.2) is 17.6 Å². The zero-order chi connectivity index (χ0) is 13.5. The molecule has 0 atom stereocenters. The Hall–Kier alpha value is -1.77. The fourth-order valence-corrected chi connectivity index (χ4v) is 1.56. The molecule has 3 heteroatoms. The Morgan fingerprint density at radius 2 is 1.78 bits per heavy atom. The van der Waals surface area contributed by atoms with E-state index in [4.69, 9.17) is 4.74 Å². The summed E-state index contributed by atoms with van der Waals surface area (Å²) in [5, 5.41) is 0. The van der Waals surface area contributed by atoms with Gasteiger partial charge in [0.05, 0.1) is 13.2 Å². The van der Waals surface area contributed by atoms with E-state index in [1.54, 1.807) is 4.90 Å². The van der Waals surface area contributed by atoms with Gasteiger partial charge in [0.15, 0.2) is 0 Å². The van der Waals surface area contributed by atoms with E-state index in [2.05, 4.69) is 0 Å². The zero-order valence-electron chi connectivity index (χ0n) is 11.6. The third-order valence-corrected chi connectivity index (χ3v) is 2.80. The summed E-state index contributed by atoms with van der Waals surface area (Å²) in [7, 11) is 0. The standard InChI is InChI=1S/C15H21NO2/c1-5-18-15(17)16(13(4)12(2)3)11-14-9-7-6-8-10-14/h6-10H,5,11H2,1-4H3. The molecule has 1 aromatic rings. The molecular weight excluding hydrogens is 226 g/mol. The van der Waals surface area contributed by atoms with Gasteiger partial charge in [0.25, 0.3) is 0 Å². The monoisotopic (exact) mass is 247 g/mol. The quantitative estimate of drug-likeness (QED) is 0.806. The summed E-state index contributed by atoms with van der Waals surface area (Å²) in [6.45, 7) is 8.67. The van der Waals surface area contributed by atoms with Gasteiger partial charge < -0.3 is 4.74 Å². The van der Waals surface area contributed by atoms with Crippen LogP contribution in [0.15, 0.2) is 41.6 Å². The van der Waals surface area contributed by atoms with Crippen LogP contribution >= 0.6 is 0 Å². The number of carbonyl (C=O) groups excluding carboxylic acids is 1. The summed E-state index contributed by atoms with van der Waals surface area (Å²) in [6, 6.07) is 9.91. The Balaban J connectivity index is 2.92. The lowest BCUT2D eigenvalue weighted by Crippen LogP contribution is -2.30. The number of nitrogens with zero attached hydrogens (tertiary/aromatic N) is 1. The summed E-state index contributed by atoms with van der Waals surface area (Å²) in [6.07, 6.45) is -0.292. The molecule has 0 radical (unpaired) electrons. The van der Waals surface area contributed by atoms with E-state index in [0.717, 1.165) is 16.8 Å². The van der Waals surface area contributed by atoms with Crippen molar-refractivity contribution in [3.63, 3.8) is 0 Å². The van der Waals surface area contributed by atoms with Crippen molar-refractivity contribution in [2.24, 2.45) is 0 Å². The van der Waals surface area contributed by atoms with E-state index in [1.807, 2.05) is 58.0 Å². The van der Waals surface area contributed by atoms with E-state index in [-0.39, 0.29) is 6.09 Å². The highest BCUT2D eigenvalue weighted by molar-refractivity contribution is 5.70. The number of hydrogen-bond acceptors (Lipinski definition) is 2. The molecule has 0 aromatic heterocycles. The molecule has 18 heavy (non-hydrogen) atoms. The van der Waals surface area contributed by atoms with Crippen molar-refractivity contribution in [2.75, 3.05) is 6.61 Å². The van der Waals surface area contributed by atoms with Crippen LogP contribution in [0.1, 0.15) is 33.3 Å². The molecule has 0 spiro atoms. The Labute approximate surface area is 109 Å². The minimum absolute atomic E-state index is 0.292. The number of carbonyl (C=O) groups is 1. The molecule has 0 bridgehead atoms. The highest BCUT2D eigenvalue weighted by atomic mass is 16.6. The fourth-order valence-electron chi connectivity index (χ4n) is 1.56. The number of benzene rings is 1. The highest BCUT2D eigenvalue weighted by Crippen LogP contribution is 2.15. The van der Waals surface area contributed by atoms with Crippen LogP contribution in [0.5, 0.6) is 0 Å². The second-order valence-electron chi connectivity index (χ2n) is 4.36. The van der Waals surface area contributed by atoms with Crippen LogP contribution in [0.25, 0.3) is 0 Å². The molecule has 0 heterocycles. The maximum Gasteiger partial charge on any atom is 0.414 e. The topological polar surface area (TPSA) is 29.5 Å². The molecule has 0 aliphatic rings. The number of hydrogen-bond donors (Lipinski definition) is 0. The van der Waals surface area contributed by atoms with E-state index in [9.17, 15) is 4.79 Å². The van der Waals surface area contributed by atoms with Gasteiger partial charge in [-0.25, -0.2) is 4.79 Å². The first-order valence-electron chi connectivity index (χ1n) is 6.18. The predicted molar refractivity (Wildman–Crippen MR) is 73.1 cm³/mol. The first-order chi connectivity index (χ1) is 8.56. The highest BCUT2D eigenvalue weighted by Gasteiger charge is 2.17. The van der Waals surface area contributed by atoms with Gasteiger partial charge in [-0.1, -0.05) is 35.9 Å². The zero-order valence-corrected chi connectivity index (χ0v) is 11.6. The van der Waals surface area contributed by atoms with Crippen LogP contribution in [-0.2, 0) is 11.3 Å². The second kappa shape index (κ2) is 6.84. The summed E-state index contributed by atoms with van der Waals surface area (Å²) in [4.78, 5) is 13.6. The van der Waals surface area contributed by atoms with Crippen LogP contribution in [0.2, 0.25) is 0 Å². The van der Waals surface area contributed by atoms with Crippen molar-refractivity contribution in [2.45, 2.75) is 34.2 Å². The number of ether oxygens (including phenoxy) is 1.